The van der Waals surface area contributed by atoms with Crippen molar-refractivity contribution in [3.05, 3.63) is 249 Å². The summed E-state index contributed by atoms with van der Waals surface area (Å²) in [5.74, 6) is 0. The van der Waals surface area contributed by atoms with Crippen LogP contribution in [0.4, 0.5) is 17.1 Å². The highest BCUT2D eigenvalue weighted by molar-refractivity contribution is 6.13. The minimum absolute atomic E-state index is 0.897. The molecule has 1 aromatic heterocycles. The van der Waals surface area contributed by atoms with Crippen molar-refractivity contribution in [1.82, 2.24) is 0 Å². The molecule has 2 nitrogen and oxygen atoms in total. The molecule has 308 valence electrons. The zero-order chi connectivity index (χ0) is 43.6. The highest BCUT2D eigenvalue weighted by atomic mass is 16.3. The van der Waals surface area contributed by atoms with Crippen LogP contribution in [-0.4, -0.2) is 0 Å². The predicted octanol–water partition coefficient (Wildman–Crippen LogP) is 18.3. The van der Waals surface area contributed by atoms with Crippen molar-refractivity contribution in [2.75, 3.05) is 4.90 Å². The maximum atomic E-state index is 6.28. The molecule has 0 atom stereocenters. The van der Waals surface area contributed by atoms with Gasteiger partial charge in [0.25, 0.3) is 0 Å². The van der Waals surface area contributed by atoms with Crippen LogP contribution in [0.1, 0.15) is 0 Å². The van der Waals surface area contributed by atoms with Crippen molar-refractivity contribution < 1.29 is 4.42 Å². The molecular formula is C64H41NO. The molecule has 66 heavy (non-hydrogen) atoms. The molecule has 0 spiro atoms. The summed E-state index contributed by atoms with van der Waals surface area (Å²) >= 11 is 0. The first-order valence-electron chi connectivity index (χ1n) is 22.6. The summed E-state index contributed by atoms with van der Waals surface area (Å²) in [4.78, 5) is 2.40. The summed E-state index contributed by atoms with van der Waals surface area (Å²) in [5.41, 5.74) is 14.4. The standard InChI is InChI=1S/C64H41NO/c1-3-12-54-45(10-1)24-26-48-28-30-50(40-59(48)54)44-22-20-42(21-23-44)43-32-36-52(37-33-43)65(53-38-34-47(35-39-53)57-16-9-19-63-64(57)58-15-6-8-18-62(58)66-63)61-17-7-5-14-56(61)51-31-29-49-27-25-46-11-2-4-13-55(46)60(49)41-51/h1-41H. The molecule has 0 saturated carbocycles. The quantitative estimate of drug-likeness (QED) is 0.149. The van der Waals surface area contributed by atoms with E-state index in [0.29, 0.717) is 0 Å². The Morgan fingerprint density at radius 2 is 0.682 bits per heavy atom. The Kier molecular flexibility index (Phi) is 8.89. The average molecular weight is 840 g/mol. The normalized spacial score (nSPS) is 11.6. The lowest BCUT2D eigenvalue weighted by Crippen LogP contribution is -2.11. The minimum atomic E-state index is 0.897. The lowest BCUT2D eigenvalue weighted by molar-refractivity contribution is 0.669. The van der Waals surface area contributed by atoms with Gasteiger partial charge in [-0.1, -0.05) is 194 Å². The van der Waals surface area contributed by atoms with E-state index < -0.39 is 0 Å². The average Bonchev–Trinajstić information content (AvgIpc) is 3.78. The Bertz CT molecular complexity index is 3970. The molecule has 0 fully saturated rings. The van der Waals surface area contributed by atoms with Crippen LogP contribution in [0.5, 0.6) is 0 Å². The van der Waals surface area contributed by atoms with Gasteiger partial charge in [-0.05, 0) is 137 Å². The van der Waals surface area contributed by atoms with E-state index in [1.807, 2.05) is 12.1 Å². The van der Waals surface area contributed by atoms with Crippen LogP contribution in [0.3, 0.4) is 0 Å². The number of hydrogen-bond acceptors (Lipinski definition) is 2. The third kappa shape index (κ3) is 6.42. The first-order valence-corrected chi connectivity index (χ1v) is 22.6. The zero-order valence-electron chi connectivity index (χ0n) is 36.0. The van der Waals surface area contributed by atoms with Crippen LogP contribution in [0.15, 0.2) is 253 Å². The fourth-order valence-corrected chi connectivity index (χ4v) is 10.2. The number of nitrogens with zero attached hydrogens (tertiary/aromatic N) is 1. The number of benzene rings is 12. The van der Waals surface area contributed by atoms with Crippen molar-refractivity contribution in [3.63, 3.8) is 0 Å². The molecule has 0 aliphatic carbocycles. The molecule has 1 heterocycles. The van der Waals surface area contributed by atoms with E-state index in [1.54, 1.807) is 0 Å². The second-order valence-electron chi connectivity index (χ2n) is 17.2. The third-order valence-corrected chi connectivity index (χ3v) is 13.5. The topological polar surface area (TPSA) is 16.4 Å². The van der Waals surface area contributed by atoms with Gasteiger partial charge in [0, 0.05) is 27.7 Å². The monoisotopic (exact) mass is 839 g/mol. The van der Waals surface area contributed by atoms with Crippen LogP contribution in [0.25, 0.3) is 110 Å². The summed E-state index contributed by atoms with van der Waals surface area (Å²) in [6, 6.07) is 90.4. The zero-order valence-corrected chi connectivity index (χ0v) is 36.0. The van der Waals surface area contributed by atoms with E-state index in [0.717, 1.165) is 55.7 Å². The molecule has 2 heteroatoms. The van der Waals surface area contributed by atoms with Crippen molar-refractivity contribution >= 4 is 82.1 Å². The molecule has 0 aliphatic rings. The Labute approximate surface area is 382 Å². The summed E-state index contributed by atoms with van der Waals surface area (Å²) in [7, 11) is 0. The van der Waals surface area contributed by atoms with Gasteiger partial charge in [-0.3, -0.25) is 0 Å². The van der Waals surface area contributed by atoms with Crippen molar-refractivity contribution in [1.29, 1.82) is 0 Å². The Balaban J connectivity index is 0.897. The van der Waals surface area contributed by atoms with E-state index >= 15 is 0 Å². The van der Waals surface area contributed by atoms with E-state index in [2.05, 4.69) is 241 Å². The Morgan fingerprint density at radius 3 is 1.33 bits per heavy atom. The molecule has 0 radical (unpaired) electrons. The maximum Gasteiger partial charge on any atom is 0.136 e. The molecule has 0 saturated heterocycles. The second kappa shape index (κ2) is 15.5. The number of para-hydroxylation sites is 2. The third-order valence-electron chi connectivity index (χ3n) is 13.5. The van der Waals surface area contributed by atoms with Gasteiger partial charge in [0.05, 0.1) is 5.69 Å². The molecular weight excluding hydrogens is 799 g/mol. The first kappa shape index (κ1) is 37.8. The molecule has 12 aromatic carbocycles. The molecule has 0 bridgehead atoms. The number of fused-ring (bicyclic) bond motifs is 9. The second-order valence-corrected chi connectivity index (χ2v) is 17.2. The number of furan rings is 1. The molecule has 0 unspecified atom stereocenters. The number of rotatable bonds is 7. The van der Waals surface area contributed by atoms with Crippen LogP contribution in [0, 0.1) is 0 Å². The molecule has 0 amide bonds. The molecule has 13 rings (SSSR count). The summed E-state index contributed by atoms with van der Waals surface area (Å²) in [6.07, 6.45) is 0. The Hall–Kier alpha value is -8.72. The number of hydrogen-bond donors (Lipinski definition) is 0. The highest BCUT2D eigenvalue weighted by Gasteiger charge is 2.19. The minimum Gasteiger partial charge on any atom is -0.456 e. The van der Waals surface area contributed by atoms with Crippen LogP contribution < -0.4 is 4.90 Å². The van der Waals surface area contributed by atoms with E-state index in [1.165, 1.54) is 70.9 Å². The van der Waals surface area contributed by atoms with Gasteiger partial charge in [0.15, 0.2) is 0 Å². The van der Waals surface area contributed by atoms with Crippen molar-refractivity contribution in [2.24, 2.45) is 0 Å². The van der Waals surface area contributed by atoms with E-state index in [4.69, 9.17) is 4.42 Å². The van der Waals surface area contributed by atoms with Crippen LogP contribution >= 0.6 is 0 Å². The SMILES string of the molecule is c1ccc(N(c2ccc(-c3ccc(-c4ccc5ccc6ccccc6c5c4)cc3)cc2)c2ccc(-c3cccc4oc5ccccc5c34)cc2)c(-c2ccc3ccc4ccccc4c3c2)c1. The smallest absolute Gasteiger partial charge is 0.136 e. The van der Waals surface area contributed by atoms with Gasteiger partial charge in [-0.15, -0.1) is 0 Å². The highest BCUT2D eigenvalue weighted by Crippen LogP contribution is 2.44. The predicted molar refractivity (Wildman–Crippen MR) is 280 cm³/mol. The maximum absolute atomic E-state index is 6.28. The van der Waals surface area contributed by atoms with Gasteiger partial charge in [0.1, 0.15) is 11.2 Å². The first-order chi connectivity index (χ1) is 32.7. The fraction of sp³-hybridized carbons (Fsp3) is 0. The van der Waals surface area contributed by atoms with Gasteiger partial charge in [0.2, 0.25) is 0 Å². The van der Waals surface area contributed by atoms with Gasteiger partial charge < -0.3 is 9.32 Å². The van der Waals surface area contributed by atoms with Crippen LogP contribution in [-0.2, 0) is 0 Å². The molecule has 13 aromatic rings. The van der Waals surface area contributed by atoms with Gasteiger partial charge in [-0.2, -0.15) is 0 Å². The van der Waals surface area contributed by atoms with Gasteiger partial charge >= 0.3 is 0 Å². The van der Waals surface area contributed by atoms with E-state index in [9.17, 15) is 0 Å². The summed E-state index contributed by atoms with van der Waals surface area (Å²) in [5, 5.41) is 12.3. The van der Waals surface area contributed by atoms with Gasteiger partial charge in [-0.25, -0.2) is 0 Å². The molecule has 0 N–H and O–H groups in total. The molecule has 0 aliphatic heterocycles. The lowest BCUT2D eigenvalue weighted by atomic mass is 9.95. The lowest BCUT2D eigenvalue weighted by Gasteiger charge is -2.28. The summed E-state index contributed by atoms with van der Waals surface area (Å²) in [6.45, 7) is 0. The summed E-state index contributed by atoms with van der Waals surface area (Å²) < 4.78 is 6.28. The Morgan fingerprint density at radius 1 is 0.258 bits per heavy atom. The fourth-order valence-electron chi connectivity index (χ4n) is 10.2. The number of anilines is 3. The van der Waals surface area contributed by atoms with E-state index in [-0.39, 0.29) is 0 Å². The van der Waals surface area contributed by atoms with Crippen molar-refractivity contribution in [2.45, 2.75) is 0 Å². The van der Waals surface area contributed by atoms with Crippen molar-refractivity contribution in [3.8, 4) is 44.5 Å². The van der Waals surface area contributed by atoms with Crippen LogP contribution in [0.2, 0.25) is 0 Å². The largest absolute Gasteiger partial charge is 0.456 e.